The smallest absolute Gasteiger partial charge is 0.231 e. The first-order valence-electron chi connectivity index (χ1n) is 6.45. The Morgan fingerprint density at radius 3 is 2.67 bits per heavy atom. The average molecular weight is 248 g/mol. The molecule has 0 spiro atoms. The second kappa shape index (κ2) is 4.05. The molecule has 4 nitrogen and oxygen atoms in total. The summed E-state index contributed by atoms with van der Waals surface area (Å²) >= 11 is 0. The molecule has 2 heterocycles. The normalized spacial score (nSPS) is 24.3. The Balaban J connectivity index is 1.77. The Morgan fingerprint density at radius 2 is 2.00 bits per heavy atom. The quantitative estimate of drug-likeness (QED) is 0.842. The standard InChI is InChI=1S/C14H20N2O2/c1-9-4-12-13(18-8-17-12)5-11(9)16-10-6-14(2,3)15-7-10/h4-5,10,15-16H,6-8H2,1-3H3. The van der Waals surface area contributed by atoms with Crippen LogP contribution in [0.1, 0.15) is 25.8 Å². The number of aryl methyl sites for hydroxylation is 1. The first-order chi connectivity index (χ1) is 8.53. The molecule has 1 unspecified atom stereocenters. The van der Waals surface area contributed by atoms with Crippen molar-refractivity contribution in [1.29, 1.82) is 0 Å². The predicted octanol–water partition coefficient (Wildman–Crippen LogP) is 2.28. The second-order valence-corrected chi connectivity index (χ2v) is 5.83. The van der Waals surface area contributed by atoms with E-state index in [1.807, 2.05) is 12.1 Å². The van der Waals surface area contributed by atoms with E-state index in [1.165, 1.54) is 5.56 Å². The highest BCUT2D eigenvalue weighted by atomic mass is 16.7. The minimum Gasteiger partial charge on any atom is -0.454 e. The van der Waals surface area contributed by atoms with Crippen molar-refractivity contribution in [2.45, 2.75) is 38.8 Å². The van der Waals surface area contributed by atoms with Gasteiger partial charge in [-0.3, -0.25) is 0 Å². The predicted molar refractivity (Wildman–Crippen MR) is 71.4 cm³/mol. The van der Waals surface area contributed by atoms with Crippen molar-refractivity contribution in [2.75, 3.05) is 18.7 Å². The zero-order chi connectivity index (χ0) is 12.8. The van der Waals surface area contributed by atoms with Crippen molar-refractivity contribution in [1.82, 2.24) is 5.32 Å². The van der Waals surface area contributed by atoms with Gasteiger partial charge in [0.2, 0.25) is 6.79 Å². The van der Waals surface area contributed by atoms with Gasteiger partial charge in [0.15, 0.2) is 11.5 Å². The molecule has 1 fully saturated rings. The van der Waals surface area contributed by atoms with E-state index >= 15 is 0 Å². The first-order valence-corrected chi connectivity index (χ1v) is 6.45. The molecule has 0 aromatic heterocycles. The molecule has 3 rings (SSSR count). The Morgan fingerprint density at radius 1 is 1.28 bits per heavy atom. The van der Waals surface area contributed by atoms with Crippen molar-refractivity contribution in [3.63, 3.8) is 0 Å². The van der Waals surface area contributed by atoms with Crippen LogP contribution < -0.4 is 20.1 Å². The van der Waals surface area contributed by atoms with Gasteiger partial charge in [-0.2, -0.15) is 0 Å². The van der Waals surface area contributed by atoms with Crippen LogP contribution in [0.3, 0.4) is 0 Å². The molecule has 1 saturated heterocycles. The summed E-state index contributed by atoms with van der Waals surface area (Å²) in [5, 5.41) is 7.12. The summed E-state index contributed by atoms with van der Waals surface area (Å²) in [5.41, 5.74) is 2.56. The van der Waals surface area contributed by atoms with Crippen molar-refractivity contribution in [2.24, 2.45) is 0 Å². The molecule has 4 heteroatoms. The number of nitrogens with one attached hydrogen (secondary N) is 2. The third-order valence-electron chi connectivity index (χ3n) is 3.66. The van der Waals surface area contributed by atoms with Crippen LogP contribution in [0.2, 0.25) is 0 Å². The fraction of sp³-hybridized carbons (Fsp3) is 0.571. The van der Waals surface area contributed by atoms with E-state index in [9.17, 15) is 0 Å². The van der Waals surface area contributed by atoms with Gasteiger partial charge in [-0.25, -0.2) is 0 Å². The van der Waals surface area contributed by atoms with Crippen LogP contribution in [0.15, 0.2) is 12.1 Å². The monoisotopic (exact) mass is 248 g/mol. The van der Waals surface area contributed by atoms with Crippen molar-refractivity contribution >= 4 is 5.69 Å². The third kappa shape index (κ3) is 2.12. The van der Waals surface area contributed by atoms with Crippen LogP contribution in [0.4, 0.5) is 5.69 Å². The van der Waals surface area contributed by atoms with Crippen LogP contribution in [0.25, 0.3) is 0 Å². The Kier molecular flexibility index (Phi) is 2.63. The van der Waals surface area contributed by atoms with Gasteiger partial charge >= 0.3 is 0 Å². The minimum atomic E-state index is 0.224. The van der Waals surface area contributed by atoms with E-state index in [0.29, 0.717) is 12.8 Å². The average Bonchev–Trinajstić information content (AvgIpc) is 2.85. The second-order valence-electron chi connectivity index (χ2n) is 5.83. The van der Waals surface area contributed by atoms with Crippen molar-refractivity contribution < 1.29 is 9.47 Å². The fourth-order valence-corrected chi connectivity index (χ4v) is 2.68. The van der Waals surface area contributed by atoms with Crippen LogP contribution in [-0.4, -0.2) is 24.9 Å². The van der Waals surface area contributed by atoms with Gasteiger partial charge in [-0.15, -0.1) is 0 Å². The summed E-state index contributed by atoms with van der Waals surface area (Å²) in [5.74, 6) is 1.69. The summed E-state index contributed by atoms with van der Waals surface area (Å²) in [4.78, 5) is 0. The summed E-state index contributed by atoms with van der Waals surface area (Å²) in [6.07, 6.45) is 1.13. The van der Waals surface area contributed by atoms with Crippen LogP contribution in [0, 0.1) is 6.92 Å². The zero-order valence-electron chi connectivity index (χ0n) is 11.2. The number of fused-ring (bicyclic) bond motifs is 1. The largest absolute Gasteiger partial charge is 0.454 e. The van der Waals surface area contributed by atoms with Crippen LogP contribution >= 0.6 is 0 Å². The summed E-state index contributed by atoms with van der Waals surface area (Å²) < 4.78 is 10.8. The van der Waals surface area contributed by atoms with Gasteiger partial charge < -0.3 is 20.1 Å². The van der Waals surface area contributed by atoms with E-state index < -0.39 is 0 Å². The van der Waals surface area contributed by atoms with E-state index in [2.05, 4.69) is 31.4 Å². The summed E-state index contributed by atoms with van der Waals surface area (Å²) in [6, 6.07) is 4.56. The van der Waals surface area contributed by atoms with Crippen molar-refractivity contribution in [3.8, 4) is 11.5 Å². The highest BCUT2D eigenvalue weighted by Crippen LogP contribution is 2.37. The Hall–Kier alpha value is -1.42. The van der Waals surface area contributed by atoms with Gasteiger partial charge in [0.1, 0.15) is 0 Å². The first kappa shape index (κ1) is 11.7. The molecule has 98 valence electrons. The van der Waals surface area contributed by atoms with E-state index in [1.54, 1.807) is 0 Å². The Bertz CT molecular complexity index is 471. The minimum absolute atomic E-state index is 0.224. The molecule has 0 aliphatic carbocycles. The molecule has 18 heavy (non-hydrogen) atoms. The molecule has 1 atom stereocenters. The SMILES string of the molecule is Cc1cc2c(cc1NC1CNC(C)(C)C1)OCO2. The molecule has 0 saturated carbocycles. The molecule has 0 radical (unpaired) electrons. The lowest BCUT2D eigenvalue weighted by Gasteiger charge is -2.19. The lowest BCUT2D eigenvalue weighted by atomic mass is 10.0. The highest BCUT2D eigenvalue weighted by Gasteiger charge is 2.30. The van der Waals surface area contributed by atoms with Gasteiger partial charge in [0.05, 0.1) is 0 Å². The molecule has 2 aliphatic rings. The maximum absolute atomic E-state index is 5.42. The maximum Gasteiger partial charge on any atom is 0.231 e. The number of rotatable bonds is 2. The number of benzene rings is 1. The summed E-state index contributed by atoms with van der Waals surface area (Å²) in [6.45, 7) is 7.90. The van der Waals surface area contributed by atoms with Crippen LogP contribution in [0.5, 0.6) is 11.5 Å². The lowest BCUT2D eigenvalue weighted by Crippen LogP contribution is -2.31. The van der Waals surface area contributed by atoms with Gasteiger partial charge in [-0.1, -0.05) is 0 Å². The molecule has 1 aromatic rings. The number of anilines is 1. The lowest BCUT2D eigenvalue weighted by molar-refractivity contribution is 0.174. The van der Waals surface area contributed by atoms with E-state index in [4.69, 9.17) is 9.47 Å². The molecule has 2 N–H and O–H groups in total. The fourth-order valence-electron chi connectivity index (χ4n) is 2.68. The molecular weight excluding hydrogens is 228 g/mol. The summed E-state index contributed by atoms with van der Waals surface area (Å²) in [7, 11) is 0. The highest BCUT2D eigenvalue weighted by molar-refractivity contribution is 5.61. The van der Waals surface area contributed by atoms with E-state index in [-0.39, 0.29) is 5.54 Å². The molecule has 0 bridgehead atoms. The number of hydrogen-bond donors (Lipinski definition) is 2. The van der Waals surface area contributed by atoms with Gasteiger partial charge in [0.25, 0.3) is 0 Å². The maximum atomic E-state index is 5.42. The molecule has 1 aromatic carbocycles. The number of hydrogen-bond acceptors (Lipinski definition) is 4. The number of ether oxygens (including phenoxy) is 2. The van der Waals surface area contributed by atoms with Crippen LogP contribution in [-0.2, 0) is 0 Å². The molecule has 0 amide bonds. The van der Waals surface area contributed by atoms with Gasteiger partial charge in [-0.05, 0) is 38.8 Å². The Labute approximate surface area is 108 Å². The molecule has 2 aliphatic heterocycles. The topological polar surface area (TPSA) is 42.5 Å². The van der Waals surface area contributed by atoms with Gasteiger partial charge in [0, 0.05) is 29.9 Å². The van der Waals surface area contributed by atoms with E-state index in [0.717, 1.165) is 30.2 Å². The van der Waals surface area contributed by atoms with Crippen molar-refractivity contribution in [3.05, 3.63) is 17.7 Å². The third-order valence-corrected chi connectivity index (χ3v) is 3.66. The zero-order valence-corrected chi connectivity index (χ0v) is 11.2. The molecular formula is C14H20N2O2.